The van der Waals surface area contributed by atoms with E-state index in [1.807, 2.05) is 6.07 Å². The van der Waals surface area contributed by atoms with E-state index in [1.165, 1.54) is 4.90 Å². The molecule has 0 aliphatic rings. The Morgan fingerprint density at radius 3 is 2.88 bits per heavy atom. The van der Waals surface area contributed by atoms with Gasteiger partial charge in [0.15, 0.2) is 0 Å². The van der Waals surface area contributed by atoms with Gasteiger partial charge in [-0.15, -0.1) is 0 Å². The molecule has 0 aromatic heterocycles. The molecule has 7 heteroatoms. The van der Waals surface area contributed by atoms with Crippen molar-refractivity contribution in [1.82, 2.24) is 10.2 Å². The average molecular weight is 224 g/mol. The van der Waals surface area contributed by atoms with Crippen LogP contribution < -0.4 is 5.32 Å². The lowest BCUT2D eigenvalue weighted by molar-refractivity contribution is -0.128. The normalized spacial score (nSPS) is 11.1. The first kappa shape index (κ1) is 14.2. The lowest BCUT2D eigenvalue weighted by Crippen LogP contribution is -2.35. The maximum Gasteiger partial charge on any atom is 0.224 e. The molecule has 0 aliphatic heterocycles. The molecular weight excluding hydrogens is 208 g/mol. The fourth-order valence-electron chi connectivity index (χ4n) is 0.991. The smallest absolute Gasteiger partial charge is 0.224 e. The zero-order valence-electron chi connectivity index (χ0n) is 9.55. The van der Waals surface area contributed by atoms with Crippen LogP contribution in [0.1, 0.15) is 12.8 Å². The van der Waals surface area contributed by atoms with Gasteiger partial charge in [0.05, 0.1) is 12.5 Å². The van der Waals surface area contributed by atoms with E-state index >= 15 is 0 Å². The summed E-state index contributed by atoms with van der Waals surface area (Å²) in [7, 11) is 3.30. The highest BCUT2D eigenvalue weighted by atomic mass is 16.2. The predicted octanol–water partition coefficient (Wildman–Crippen LogP) is 0.647. The van der Waals surface area contributed by atoms with Gasteiger partial charge in [-0.3, -0.25) is 4.79 Å². The van der Waals surface area contributed by atoms with Crippen molar-refractivity contribution >= 4 is 5.91 Å². The van der Waals surface area contributed by atoms with E-state index in [9.17, 15) is 4.79 Å². The van der Waals surface area contributed by atoms with Crippen molar-refractivity contribution in [3.8, 4) is 6.07 Å². The fraction of sp³-hybridized carbons (Fsp3) is 0.778. The fourth-order valence-corrected chi connectivity index (χ4v) is 0.991. The third kappa shape index (κ3) is 6.65. The van der Waals surface area contributed by atoms with Crippen LogP contribution >= 0.6 is 0 Å². The molecule has 1 unspecified atom stereocenters. The lowest BCUT2D eigenvalue weighted by Gasteiger charge is -2.14. The first-order valence-corrected chi connectivity index (χ1v) is 4.95. The molecule has 0 rings (SSSR count). The molecule has 0 aliphatic carbocycles. The molecule has 88 valence electrons. The zero-order chi connectivity index (χ0) is 12.4. The third-order valence-corrected chi connectivity index (χ3v) is 1.92. The Morgan fingerprint density at radius 2 is 2.38 bits per heavy atom. The SMILES string of the molecule is CN(C)C(=O)CC(C#N)NCCCN=[N+]=[N-]. The number of nitrogens with zero attached hydrogens (tertiary/aromatic N) is 5. The number of amides is 1. The van der Waals surface area contributed by atoms with Crippen LogP contribution in [0.2, 0.25) is 0 Å². The largest absolute Gasteiger partial charge is 0.349 e. The summed E-state index contributed by atoms with van der Waals surface area (Å²) in [6.07, 6.45) is 0.809. The van der Waals surface area contributed by atoms with Gasteiger partial charge >= 0.3 is 0 Å². The van der Waals surface area contributed by atoms with Gasteiger partial charge in [0.25, 0.3) is 0 Å². The van der Waals surface area contributed by atoms with Gasteiger partial charge < -0.3 is 10.2 Å². The summed E-state index contributed by atoms with van der Waals surface area (Å²) in [6.45, 7) is 0.946. The summed E-state index contributed by atoms with van der Waals surface area (Å²) < 4.78 is 0. The molecule has 0 saturated carbocycles. The highest BCUT2D eigenvalue weighted by molar-refractivity contribution is 5.76. The van der Waals surface area contributed by atoms with Gasteiger partial charge in [0.2, 0.25) is 5.91 Å². The minimum Gasteiger partial charge on any atom is -0.349 e. The topological polar surface area (TPSA) is 105 Å². The van der Waals surface area contributed by atoms with Crippen LogP contribution in [0.15, 0.2) is 5.11 Å². The molecule has 0 heterocycles. The average Bonchev–Trinajstić information content (AvgIpc) is 2.26. The number of hydrogen-bond acceptors (Lipinski definition) is 4. The van der Waals surface area contributed by atoms with Gasteiger partial charge in [0.1, 0.15) is 6.04 Å². The summed E-state index contributed by atoms with van der Waals surface area (Å²) in [5, 5.41) is 15.1. The Hall–Kier alpha value is -1.77. The summed E-state index contributed by atoms with van der Waals surface area (Å²) in [4.78, 5) is 15.4. The minimum atomic E-state index is -0.485. The van der Waals surface area contributed by atoms with Crippen molar-refractivity contribution in [2.24, 2.45) is 5.11 Å². The van der Waals surface area contributed by atoms with Crippen LogP contribution in [0.4, 0.5) is 0 Å². The molecule has 1 N–H and O–H groups in total. The van der Waals surface area contributed by atoms with Crippen LogP contribution in [0, 0.1) is 11.3 Å². The quantitative estimate of drug-likeness (QED) is 0.297. The molecule has 1 atom stereocenters. The maximum atomic E-state index is 11.3. The molecule has 1 amide bonds. The van der Waals surface area contributed by atoms with Crippen LogP contribution in [0.25, 0.3) is 10.4 Å². The summed E-state index contributed by atoms with van der Waals surface area (Å²) in [6, 6.07) is 1.53. The highest BCUT2D eigenvalue weighted by Gasteiger charge is 2.13. The first-order chi connectivity index (χ1) is 7.61. The zero-order valence-corrected chi connectivity index (χ0v) is 9.55. The van der Waals surface area contributed by atoms with E-state index in [4.69, 9.17) is 10.8 Å². The summed E-state index contributed by atoms with van der Waals surface area (Å²) in [5.41, 5.74) is 8.04. The number of hydrogen-bond donors (Lipinski definition) is 1. The van der Waals surface area contributed by atoms with E-state index in [2.05, 4.69) is 15.3 Å². The minimum absolute atomic E-state index is 0.0888. The third-order valence-electron chi connectivity index (χ3n) is 1.92. The molecule has 0 spiro atoms. The molecule has 0 bridgehead atoms. The molecule has 0 fully saturated rings. The number of carbonyl (C=O) groups excluding carboxylic acids is 1. The Bertz CT molecular complexity index is 302. The number of rotatable bonds is 7. The van der Waals surface area contributed by atoms with Crippen molar-refractivity contribution < 1.29 is 4.79 Å². The Labute approximate surface area is 94.7 Å². The number of nitrogens with one attached hydrogen (secondary N) is 1. The molecule has 0 radical (unpaired) electrons. The molecule has 0 aromatic carbocycles. The van der Waals surface area contributed by atoms with E-state index in [-0.39, 0.29) is 12.3 Å². The van der Waals surface area contributed by atoms with E-state index in [0.717, 1.165) is 0 Å². The molecule has 7 nitrogen and oxygen atoms in total. The number of nitriles is 1. The van der Waals surface area contributed by atoms with Crippen LogP contribution in [0.3, 0.4) is 0 Å². The number of azide groups is 1. The van der Waals surface area contributed by atoms with Gasteiger partial charge in [-0.2, -0.15) is 5.26 Å². The first-order valence-electron chi connectivity index (χ1n) is 4.95. The standard InChI is InChI=1S/C9H16N6O/c1-15(2)9(16)6-8(7-10)12-4-3-5-13-14-11/h8,12H,3-6H2,1-2H3. The number of carbonyl (C=O) groups is 1. The predicted molar refractivity (Wildman–Crippen MR) is 59.3 cm³/mol. The van der Waals surface area contributed by atoms with Gasteiger partial charge in [-0.1, -0.05) is 5.11 Å². The second-order valence-corrected chi connectivity index (χ2v) is 3.44. The summed E-state index contributed by atoms with van der Waals surface area (Å²) in [5.74, 6) is -0.0888. The maximum absolute atomic E-state index is 11.3. The Balaban J connectivity index is 3.80. The second kappa shape index (κ2) is 8.53. The monoisotopic (exact) mass is 224 g/mol. The Morgan fingerprint density at radius 1 is 1.69 bits per heavy atom. The lowest BCUT2D eigenvalue weighted by atomic mass is 10.2. The Kier molecular flexibility index (Phi) is 7.59. The summed E-state index contributed by atoms with van der Waals surface area (Å²) >= 11 is 0. The van der Waals surface area contributed by atoms with Crippen molar-refractivity contribution in [2.75, 3.05) is 27.2 Å². The highest BCUT2D eigenvalue weighted by Crippen LogP contribution is 1.95. The molecule has 0 saturated heterocycles. The molecular formula is C9H16N6O. The van der Waals surface area contributed by atoms with E-state index < -0.39 is 6.04 Å². The van der Waals surface area contributed by atoms with Crippen LogP contribution in [-0.2, 0) is 4.79 Å². The van der Waals surface area contributed by atoms with Gasteiger partial charge in [-0.25, -0.2) is 0 Å². The van der Waals surface area contributed by atoms with Crippen LogP contribution in [-0.4, -0.2) is 44.0 Å². The van der Waals surface area contributed by atoms with E-state index in [1.54, 1.807) is 14.1 Å². The van der Waals surface area contributed by atoms with Crippen molar-refractivity contribution in [1.29, 1.82) is 5.26 Å². The van der Waals surface area contributed by atoms with Crippen molar-refractivity contribution in [3.63, 3.8) is 0 Å². The van der Waals surface area contributed by atoms with Gasteiger partial charge in [0, 0.05) is 25.6 Å². The van der Waals surface area contributed by atoms with Crippen molar-refractivity contribution in [2.45, 2.75) is 18.9 Å². The molecule has 16 heavy (non-hydrogen) atoms. The van der Waals surface area contributed by atoms with Crippen molar-refractivity contribution in [3.05, 3.63) is 10.4 Å². The second-order valence-electron chi connectivity index (χ2n) is 3.44. The van der Waals surface area contributed by atoms with Crippen LogP contribution in [0.5, 0.6) is 0 Å². The molecule has 0 aromatic rings. The van der Waals surface area contributed by atoms with Gasteiger partial charge in [-0.05, 0) is 18.5 Å². The van der Waals surface area contributed by atoms with E-state index in [0.29, 0.717) is 19.5 Å².